The molecule has 1 aliphatic carbocycles. The lowest BCUT2D eigenvalue weighted by Crippen LogP contribution is -2.31. The van der Waals surface area contributed by atoms with Crippen molar-refractivity contribution >= 4 is 21.6 Å². The third-order valence-electron chi connectivity index (χ3n) is 4.24. The van der Waals surface area contributed by atoms with E-state index in [2.05, 4.69) is 11.6 Å². The average molecular weight is 331 g/mol. The van der Waals surface area contributed by atoms with Gasteiger partial charge in [-0.05, 0) is 48.4 Å². The number of benzene rings is 1. The maximum Gasteiger partial charge on any atom is 0.240 e. The van der Waals surface area contributed by atoms with Crippen LogP contribution in [0.2, 0.25) is 5.02 Å². The van der Waals surface area contributed by atoms with Crippen molar-refractivity contribution in [2.75, 3.05) is 6.54 Å². The molecule has 0 bridgehead atoms. The molecule has 3 N–H and O–H groups in total. The molecule has 0 aliphatic heterocycles. The summed E-state index contributed by atoms with van der Waals surface area (Å²) in [5, 5.41) is 0.498. The van der Waals surface area contributed by atoms with Crippen molar-refractivity contribution in [3.63, 3.8) is 0 Å². The molecule has 1 aliphatic rings. The number of halogens is 1. The Morgan fingerprint density at radius 3 is 2.57 bits per heavy atom. The van der Waals surface area contributed by atoms with E-state index in [1.807, 2.05) is 0 Å². The van der Waals surface area contributed by atoms with Crippen LogP contribution in [0.3, 0.4) is 0 Å². The van der Waals surface area contributed by atoms with Gasteiger partial charge in [0.25, 0.3) is 0 Å². The van der Waals surface area contributed by atoms with Crippen LogP contribution < -0.4 is 10.5 Å². The van der Waals surface area contributed by atoms with E-state index in [-0.39, 0.29) is 11.4 Å². The van der Waals surface area contributed by atoms with Gasteiger partial charge < -0.3 is 5.73 Å². The molecule has 118 valence electrons. The molecule has 0 unspecified atom stereocenters. The Bertz CT molecular complexity index is 581. The van der Waals surface area contributed by atoms with Gasteiger partial charge in [-0.25, -0.2) is 13.1 Å². The van der Waals surface area contributed by atoms with Crippen LogP contribution >= 0.6 is 11.6 Å². The first kappa shape index (κ1) is 16.7. The zero-order valence-electron chi connectivity index (χ0n) is 12.3. The highest BCUT2D eigenvalue weighted by atomic mass is 35.5. The first-order valence-electron chi connectivity index (χ1n) is 7.40. The molecule has 21 heavy (non-hydrogen) atoms. The zero-order valence-corrected chi connectivity index (χ0v) is 13.9. The first-order valence-corrected chi connectivity index (χ1v) is 9.26. The highest BCUT2D eigenvalue weighted by molar-refractivity contribution is 7.89. The van der Waals surface area contributed by atoms with Gasteiger partial charge in [0, 0.05) is 18.1 Å². The molecule has 0 atom stereocenters. The average Bonchev–Trinajstić information content (AvgIpc) is 2.47. The molecule has 1 saturated carbocycles. The smallest absolute Gasteiger partial charge is 0.240 e. The summed E-state index contributed by atoms with van der Waals surface area (Å²) in [5.41, 5.74) is 6.21. The summed E-state index contributed by atoms with van der Waals surface area (Å²) in [4.78, 5) is 0.233. The molecule has 4 nitrogen and oxygen atoms in total. The predicted molar refractivity (Wildman–Crippen MR) is 85.7 cm³/mol. The Balaban J connectivity index is 2.01. The van der Waals surface area contributed by atoms with Crippen LogP contribution in [0, 0.1) is 11.8 Å². The van der Waals surface area contributed by atoms with Crippen molar-refractivity contribution in [1.29, 1.82) is 0 Å². The minimum atomic E-state index is -3.49. The van der Waals surface area contributed by atoms with Crippen molar-refractivity contribution in [2.45, 2.75) is 44.0 Å². The van der Waals surface area contributed by atoms with Gasteiger partial charge in [0.05, 0.1) is 4.90 Å². The molecule has 0 amide bonds. The summed E-state index contributed by atoms with van der Waals surface area (Å²) >= 11 is 5.96. The van der Waals surface area contributed by atoms with Gasteiger partial charge in [-0.2, -0.15) is 0 Å². The molecular weight excluding hydrogens is 308 g/mol. The maximum absolute atomic E-state index is 12.3. The van der Waals surface area contributed by atoms with Crippen LogP contribution in [0.5, 0.6) is 0 Å². The standard InChI is InChI=1S/C15H23ClN2O2S/c1-11-2-4-12(5-3-11)10-18-21(19,20)14-6-7-15(16)13(8-14)9-17/h6-8,11-12,18H,2-5,9-10,17H2,1H3. The molecule has 0 saturated heterocycles. The van der Waals surface area contributed by atoms with Crippen LogP contribution in [0.4, 0.5) is 0 Å². The van der Waals surface area contributed by atoms with Crippen LogP contribution in [-0.4, -0.2) is 15.0 Å². The summed E-state index contributed by atoms with van der Waals surface area (Å²) in [6.45, 7) is 2.99. The summed E-state index contributed by atoms with van der Waals surface area (Å²) in [6.07, 6.45) is 4.56. The number of hydrogen-bond acceptors (Lipinski definition) is 3. The van der Waals surface area contributed by atoms with E-state index in [1.165, 1.54) is 18.9 Å². The lowest BCUT2D eigenvalue weighted by Gasteiger charge is -2.26. The highest BCUT2D eigenvalue weighted by Gasteiger charge is 2.21. The van der Waals surface area contributed by atoms with Gasteiger partial charge in [-0.15, -0.1) is 0 Å². The van der Waals surface area contributed by atoms with Gasteiger partial charge in [0.15, 0.2) is 0 Å². The van der Waals surface area contributed by atoms with E-state index in [9.17, 15) is 8.42 Å². The summed E-state index contributed by atoms with van der Waals surface area (Å²) < 4.78 is 27.4. The Morgan fingerprint density at radius 2 is 1.95 bits per heavy atom. The highest BCUT2D eigenvalue weighted by Crippen LogP contribution is 2.28. The van der Waals surface area contributed by atoms with E-state index in [0.717, 1.165) is 18.8 Å². The zero-order chi connectivity index (χ0) is 15.5. The fraction of sp³-hybridized carbons (Fsp3) is 0.600. The predicted octanol–water partition coefficient (Wildman–Crippen LogP) is 2.90. The van der Waals surface area contributed by atoms with Crippen molar-refractivity contribution in [3.8, 4) is 0 Å². The number of nitrogens with two attached hydrogens (primary N) is 1. The van der Waals surface area contributed by atoms with Crippen molar-refractivity contribution in [3.05, 3.63) is 28.8 Å². The van der Waals surface area contributed by atoms with Crippen LogP contribution in [0.25, 0.3) is 0 Å². The van der Waals surface area contributed by atoms with E-state index in [1.54, 1.807) is 12.1 Å². The Morgan fingerprint density at radius 1 is 1.29 bits per heavy atom. The second-order valence-electron chi connectivity index (χ2n) is 5.94. The van der Waals surface area contributed by atoms with Crippen LogP contribution in [-0.2, 0) is 16.6 Å². The Labute approximate surface area is 132 Å². The van der Waals surface area contributed by atoms with E-state index >= 15 is 0 Å². The van der Waals surface area contributed by atoms with E-state index in [0.29, 0.717) is 23.0 Å². The molecule has 0 heterocycles. The normalized spacial score (nSPS) is 23.2. The van der Waals surface area contributed by atoms with Gasteiger partial charge in [-0.3, -0.25) is 0 Å². The van der Waals surface area contributed by atoms with Gasteiger partial charge in [-0.1, -0.05) is 31.4 Å². The third-order valence-corrected chi connectivity index (χ3v) is 6.03. The Hall–Kier alpha value is -0.620. The topological polar surface area (TPSA) is 72.2 Å². The summed E-state index contributed by atoms with van der Waals surface area (Å²) in [7, 11) is -3.49. The number of rotatable bonds is 5. The fourth-order valence-electron chi connectivity index (χ4n) is 2.72. The molecule has 1 aromatic carbocycles. The van der Waals surface area contributed by atoms with Crippen molar-refractivity contribution in [1.82, 2.24) is 4.72 Å². The van der Waals surface area contributed by atoms with Gasteiger partial charge >= 0.3 is 0 Å². The molecule has 1 aromatic rings. The number of sulfonamides is 1. The summed E-state index contributed by atoms with van der Waals surface area (Å²) in [5.74, 6) is 1.21. The first-order chi connectivity index (χ1) is 9.92. The second-order valence-corrected chi connectivity index (χ2v) is 8.11. The van der Waals surface area contributed by atoms with Gasteiger partial charge in [0.2, 0.25) is 10.0 Å². The number of nitrogens with one attached hydrogen (secondary N) is 1. The third kappa shape index (κ3) is 4.42. The van der Waals surface area contributed by atoms with Crippen LogP contribution in [0.1, 0.15) is 38.2 Å². The van der Waals surface area contributed by atoms with Crippen LogP contribution in [0.15, 0.2) is 23.1 Å². The Kier molecular flexibility index (Phi) is 5.66. The molecule has 0 spiro atoms. The molecule has 0 radical (unpaired) electrons. The van der Waals surface area contributed by atoms with E-state index < -0.39 is 10.0 Å². The van der Waals surface area contributed by atoms with Crippen molar-refractivity contribution in [2.24, 2.45) is 17.6 Å². The van der Waals surface area contributed by atoms with Crippen molar-refractivity contribution < 1.29 is 8.42 Å². The quantitative estimate of drug-likeness (QED) is 0.872. The fourth-order valence-corrected chi connectivity index (χ4v) is 4.08. The second kappa shape index (κ2) is 7.09. The summed E-state index contributed by atoms with van der Waals surface area (Å²) in [6, 6.07) is 4.65. The maximum atomic E-state index is 12.3. The monoisotopic (exact) mass is 330 g/mol. The minimum absolute atomic E-state index is 0.225. The molecule has 1 fully saturated rings. The lowest BCUT2D eigenvalue weighted by atomic mass is 9.83. The molecule has 2 rings (SSSR count). The largest absolute Gasteiger partial charge is 0.326 e. The number of hydrogen-bond donors (Lipinski definition) is 2. The molecular formula is C15H23ClN2O2S. The molecule has 6 heteroatoms. The van der Waals surface area contributed by atoms with E-state index in [4.69, 9.17) is 17.3 Å². The SMILES string of the molecule is CC1CCC(CNS(=O)(=O)c2ccc(Cl)c(CN)c2)CC1. The molecule has 0 aromatic heterocycles. The minimum Gasteiger partial charge on any atom is -0.326 e. The van der Waals surface area contributed by atoms with Gasteiger partial charge in [0.1, 0.15) is 0 Å². The lowest BCUT2D eigenvalue weighted by molar-refractivity contribution is 0.290.